The highest BCUT2D eigenvalue weighted by Gasteiger charge is 2.88. The first-order valence-electron chi connectivity index (χ1n) is 3.32. The van der Waals surface area contributed by atoms with E-state index >= 15 is 0 Å². The van der Waals surface area contributed by atoms with Crippen LogP contribution in [-0.4, -0.2) is 31.5 Å². The third-order valence-electron chi connectivity index (χ3n) is 2.71. The maximum Gasteiger partial charge on any atom is 0.152 e. The Morgan fingerprint density at radius 1 is 0.667 bits per heavy atom. The number of alkyl halides is 6. The molecule has 0 radical (unpaired) electrons. The van der Waals surface area contributed by atoms with Crippen LogP contribution in [0.25, 0.3) is 0 Å². The monoisotopic (exact) mass is 406 g/mol. The van der Waals surface area contributed by atoms with Crippen molar-refractivity contribution < 1.29 is 17.6 Å². The second-order valence-electron chi connectivity index (χ2n) is 3.14. The second kappa shape index (κ2) is 2.40. The van der Waals surface area contributed by atoms with Crippen molar-refractivity contribution in [2.24, 2.45) is 0 Å². The Balaban J connectivity index is 2.33. The van der Waals surface area contributed by atoms with Crippen LogP contribution in [0.1, 0.15) is 0 Å². The molecule has 2 saturated carbocycles. The molecule has 2 rings (SSSR count). The molecule has 0 bridgehead atoms. The average Bonchev–Trinajstić information content (AvgIpc) is 2.10. The van der Waals surface area contributed by atoms with Crippen LogP contribution in [0.3, 0.4) is 0 Å². The van der Waals surface area contributed by atoms with Crippen molar-refractivity contribution in [2.75, 3.05) is 0 Å². The quantitative estimate of drug-likeness (QED) is 0.330. The number of hydrogen-bond acceptors (Lipinski definition) is 0. The lowest BCUT2D eigenvalue weighted by molar-refractivity contribution is -0.157. The fourth-order valence-corrected chi connectivity index (χ4v) is 4.26. The zero-order valence-corrected chi connectivity index (χ0v) is 9.89. The molecule has 0 N–H and O–H groups in total. The van der Waals surface area contributed by atoms with E-state index in [0.717, 1.165) is 0 Å². The molecule has 4 atom stereocenters. The molecule has 0 aromatic heterocycles. The van der Waals surface area contributed by atoms with Gasteiger partial charge in [-0.2, -0.15) is 0 Å². The van der Waals surface area contributed by atoms with Gasteiger partial charge in [-0.25, -0.2) is 17.6 Å². The summed E-state index contributed by atoms with van der Waals surface area (Å²) in [7, 11) is 0. The Kier molecular flexibility index (Phi) is 1.95. The summed E-state index contributed by atoms with van der Waals surface area (Å²) in [4.78, 5) is 0. The first-order chi connectivity index (χ1) is 5.38. The van der Waals surface area contributed by atoms with Crippen LogP contribution in [0, 0.1) is 0 Å². The topological polar surface area (TPSA) is 0 Å². The Bertz CT molecular complexity index is 194. The lowest BCUT2D eigenvalue weighted by atomic mass is 9.54. The van der Waals surface area contributed by atoms with E-state index in [2.05, 4.69) is 0 Å². The Morgan fingerprint density at radius 3 is 1.00 bits per heavy atom. The third kappa shape index (κ3) is 0.651. The van der Waals surface area contributed by atoms with Crippen molar-refractivity contribution in [2.45, 2.75) is 31.5 Å². The summed E-state index contributed by atoms with van der Waals surface area (Å²) in [6.07, 6.45) is -7.46. The van der Waals surface area contributed by atoms with E-state index in [1.165, 1.54) is 45.2 Å². The molecular weight excluding hydrogens is 402 g/mol. The van der Waals surface area contributed by atoms with Crippen molar-refractivity contribution in [1.29, 1.82) is 0 Å². The fraction of sp³-hybridized carbons (Fsp3) is 1.00. The van der Waals surface area contributed by atoms with Gasteiger partial charge in [0.2, 0.25) is 0 Å². The summed E-state index contributed by atoms with van der Waals surface area (Å²) in [6.45, 7) is 0. The van der Waals surface area contributed by atoms with E-state index in [0.29, 0.717) is 0 Å². The van der Waals surface area contributed by atoms with Crippen LogP contribution in [-0.2, 0) is 0 Å². The third-order valence-corrected chi connectivity index (χ3v) is 7.90. The van der Waals surface area contributed by atoms with E-state index in [-0.39, 0.29) is 0 Å². The summed E-state index contributed by atoms with van der Waals surface area (Å²) in [5, 5.41) is 0. The molecule has 6 heteroatoms. The number of rotatable bonds is 0. The number of hydrogen-bond donors (Lipinski definition) is 0. The summed E-state index contributed by atoms with van der Waals surface area (Å²) in [5.41, 5.74) is 0. The molecule has 2 fully saturated rings. The predicted octanol–water partition coefficient (Wildman–Crippen LogP) is 2.71. The lowest BCUT2D eigenvalue weighted by Crippen LogP contribution is -2.90. The van der Waals surface area contributed by atoms with Gasteiger partial charge in [0, 0.05) is 0 Å². The number of halogens is 6. The molecule has 12 heavy (non-hydrogen) atoms. The molecule has 70 valence electrons. The van der Waals surface area contributed by atoms with Crippen molar-refractivity contribution >= 4 is 45.2 Å². The van der Waals surface area contributed by atoms with Gasteiger partial charge >= 0.3 is 0 Å². The minimum absolute atomic E-state index is 1.47. The van der Waals surface area contributed by atoms with Crippen LogP contribution in [0.5, 0.6) is 0 Å². The van der Waals surface area contributed by atoms with E-state index in [1.54, 1.807) is 0 Å². The molecule has 0 amide bonds. The molecule has 2 aliphatic carbocycles. The van der Waals surface area contributed by atoms with E-state index in [9.17, 15) is 17.6 Å². The summed E-state index contributed by atoms with van der Waals surface area (Å²) in [6, 6.07) is 0. The van der Waals surface area contributed by atoms with Gasteiger partial charge in [-0.15, -0.1) is 0 Å². The molecule has 4 unspecified atom stereocenters. The Morgan fingerprint density at radius 2 is 0.833 bits per heavy atom. The highest BCUT2D eigenvalue weighted by Crippen LogP contribution is 2.71. The Labute approximate surface area is 93.7 Å². The molecule has 0 aromatic carbocycles. The summed E-state index contributed by atoms with van der Waals surface area (Å²) < 4.78 is 48.5. The van der Waals surface area contributed by atoms with Gasteiger partial charge < -0.3 is 0 Å². The minimum Gasteiger partial charge on any atom is -0.243 e. The molecular formula is C6H4F4I2. The minimum atomic E-state index is -1.86. The largest absolute Gasteiger partial charge is 0.243 e. The van der Waals surface area contributed by atoms with E-state index in [1.807, 2.05) is 0 Å². The summed E-state index contributed by atoms with van der Waals surface area (Å²) in [5.74, 6) is 0. The van der Waals surface area contributed by atoms with Gasteiger partial charge in [0.1, 0.15) is 6.84 Å². The molecule has 0 spiro atoms. The smallest absolute Gasteiger partial charge is 0.152 e. The summed E-state index contributed by atoms with van der Waals surface area (Å²) >= 11 is 3.00. The maximum atomic E-state index is 12.9. The van der Waals surface area contributed by atoms with Gasteiger partial charge in [0.25, 0.3) is 0 Å². The van der Waals surface area contributed by atoms with Crippen LogP contribution in [0.15, 0.2) is 0 Å². The normalized spacial score (nSPS) is 69.5. The van der Waals surface area contributed by atoms with Crippen LogP contribution >= 0.6 is 45.2 Å². The van der Waals surface area contributed by atoms with Crippen molar-refractivity contribution in [3.63, 3.8) is 0 Å². The predicted molar refractivity (Wildman–Crippen MR) is 53.1 cm³/mol. The van der Waals surface area contributed by atoms with Crippen molar-refractivity contribution in [1.82, 2.24) is 0 Å². The van der Waals surface area contributed by atoms with Crippen molar-refractivity contribution in [3.8, 4) is 0 Å². The molecule has 0 aromatic rings. The van der Waals surface area contributed by atoms with Gasteiger partial charge in [-0.1, -0.05) is 45.2 Å². The molecule has 0 nitrogen and oxygen atoms in total. The maximum absolute atomic E-state index is 12.9. The van der Waals surface area contributed by atoms with Crippen molar-refractivity contribution in [3.05, 3.63) is 0 Å². The standard InChI is InChI=1S/C6H4F4I2/c7-1-2(8)6(12)4(10)3(9)5(1,6)11/h1-4H. The molecule has 2 aliphatic rings. The zero-order chi connectivity index (χ0) is 9.31. The highest BCUT2D eigenvalue weighted by atomic mass is 127. The Hall–Kier alpha value is 1.18. The van der Waals surface area contributed by atoms with E-state index in [4.69, 9.17) is 0 Å². The molecule has 0 saturated heterocycles. The van der Waals surface area contributed by atoms with Crippen LogP contribution in [0.4, 0.5) is 17.6 Å². The SMILES string of the molecule is FC1C(F)C2(I)C(F)C(F)C12I. The first kappa shape index (κ1) is 9.72. The highest BCUT2D eigenvalue weighted by molar-refractivity contribution is 14.1. The van der Waals surface area contributed by atoms with Crippen LogP contribution in [0.2, 0.25) is 0 Å². The zero-order valence-electron chi connectivity index (χ0n) is 5.58. The first-order valence-corrected chi connectivity index (χ1v) is 5.48. The molecule has 0 aliphatic heterocycles. The second-order valence-corrected chi connectivity index (χ2v) is 6.71. The van der Waals surface area contributed by atoms with Gasteiger partial charge in [0.05, 0.1) is 0 Å². The van der Waals surface area contributed by atoms with Crippen LogP contribution < -0.4 is 0 Å². The number of fused-ring (bicyclic) bond motifs is 1. The average molecular weight is 406 g/mol. The lowest BCUT2D eigenvalue weighted by Gasteiger charge is -2.68. The van der Waals surface area contributed by atoms with Gasteiger partial charge in [-0.3, -0.25) is 0 Å². The van der Waals surface area contributed by atoms with Gasteiger partial charge in [0.15, 0.2) is 24.7 Å². The van der Waals surface area contributed by atoms with Gasteiger partial charge in [-0.05, 0) is 0 Å². The van der Waals surface area contributed by atoms with E-state index < -0.39 is 31.5 Å². The molecule has 0 heterocycles. The fourth-order valence-electron chi connectivity index (χ4n) is 1.81.